The number of nitrogens with one attached hydrogen (secondary N) is 3. The molecule has 0 atom stereocenters. The summed E-state index contributed by atoms with van der Waals surface area (Å²) in [5, 5.41) is 18.9. The average molecular weight is 598 g/mol. The van der Waals surface area contributed by atoms with Gasteiger partial charge in [-0.05, 0) is 65.5 Å². The molecule has 0 aliphatic carbocycles. The van der Waals surface area contributed by atoms with Gasteiger partial charge in [0.15, 0.2) is 0 Å². The first-order chi connectivity index (χ1) is 21.1. The standard InChI is InChI=1S/C35H43N5O4/c1-22(2)27-14-7-15-28(23(3)4)31(27)38-35(44)39-32-30(26-13-6-11-25(21-26)12-9-20-41)29-16-8-17-37-33(29)40(34(32)43)19-10-18-36-24(5)42/h6-8,11,13-17,21-23,41H,9-10,12,18-20H2,1-5H3,(H,36,42)(H2,38,39,44). The van der Waals surface area contributed by atoms with E-state index in [0.717, 1.165) is 27.9 Å². The summed E-state index contributed by atoms with van der Waals surface area (Å²) in [5.74, 6) is 0.209. The van der Waals surface area contributed by atoms with Crippen LogP contribution in [-0.2, 0) is 17.8 Å². The van der Waals surface area contributed by atoms with Crippen molar-refractivity contribution in [2.45, 2.75) is 72.3 Å². The SMILES string of the molecule is CC(=O)NCCCn1c(=O)c(NC(=O)Nc2c(C(C)C)cccc2C(C)C)c(-c2cccc(CCCO)c2)c2cccnc21. The molecule has 9 nitrogen and oxygen atoms in total. The summed E-state index contributed by atoms with van der Waals surface area (Å²) >= 11 is 0. The fourth-order valence-corrected chi connectivity index (χ4v) is 5.52. The zero-order chi connectivity index (χ0) is 31.8. The van der Waals surface area contributed by atoms with Crippen molar-refractivity contribution in [2.75, 3.05) is 23.8 Å². The van der Waals surface area contributed by atoms with Gasteiger partial charge in [-0.1, -0.05) is 70.2 Å². The summed E-state index contributed by atoms with van der Waals surface area (Å²) in [6, 6.07) is 17.0. The van der Waals surface area contributed by atoms with Gasteiger partial charge in [0.1, 0.15) is 11.3 Å². The van der Waals surface area contributed by atoms with Crippen LogP contribution in [0.2, 0.25) is 0 Å². The predicted octanol–water partition coefficient (Wildman–Crippen LogP) is 6.41. The van der Waals surface area contributed by atoms with Gasteiger partial charge in [-0.2, -0.15) is 0 Å². The van der Waals surface area contributed by atoms with E-state index in [2.05, 4.69) is 48.6 Å². The average Bonchev–Trinajstić information content (AvgIpc) is 2.99. The number of amides is 3. The van der Waals surface area contributed by atoms with E-state index >= 15 is 0 Å². The van der Waals surface area contributed by atoms with Crippen molar-refractivity contribution in [3.8, 4) is 11.1 Å². The van der Waals surface area contributed by atoms with Gasteiger partial charge < -0.3 is 21.1 Å². The molecular weight excluding hydrogens is 554 g/mol. The number of anilines is 2. The molecule has 0 spiro atoms. The Morgan fingerprint density at radius 2 is 1.59 bits per heavy atom. The van der Waals surface area contributed by atoms with E-state index < -0.39 is 6.03 Å². The van der Waals surface area contributed by atoms with E-state index in [-0.39, 0.29) is 35.6 Å². The Kier molecular flexibility index (Phi) is 10.9. The quantitative estimate of drug-likeness (QED) is 0.141. The molecule has 4 aromatic rings. The molecule has 0 unspecified atom stereocenters. The lowest BCUT2D eigenvalue weighted by Gasteiger charge is -2.22. The molecule has 0 bridgehead atoms. The number of aliphatic hydroxyl groups is 1. The second kappa shape index (κ2) is 14.8. The van der Waals surface area contributed by atoms with E-state index in [0.29, 0.717) is 48.9 Å². The molecule has 3 amide bonds. The molecule has 44 heavy (non-hydrogen) atoms. The first-order valence-corrected chi connectivity index (χ1v) is 15.3. The van der Waals surface area contributed by atoms with Gasteiger partial charge in [-0.3, -0.25) is 14.2 Å². The monoisotopic (exact) mass is 597 g/mol. The number of fused-ring (bicyclic) bond motifs is 1. The van der Waals surface area contributed by atoms with Crippen LogP contribution in [-0.4, -0.2) is 39.7 Å². The van der Waals surface area contributed by atoms with Gasteiger partial charge in [0.2, 0.25) is 5.91 Å². The third-order valence-corrected chi connectivity index (χ3v) is 7.64. The minimum Gasteiger partial charge on any atom is -0.396 e. The first kappa shape index (κ1) is 32.4. The number of carbonyl (C=O) groups excluding carboxylic acids is 2. The van der Waals surface area contributed by atoms with Crippen LogP contribution < -0.4 is 21.5 Å². The summed E-state index contributed by atoms with van der Waals surface area (Å²) < 4.78 is 1.56. The zero-order valence-electron chi connectivity index (χ0n) is 26.2. The third kappa shape index (κ3) is 7.52. The lowest BCUT2D eigenvalue weighted by Crippen LogP contribution is -2.31. The van der Waals surface area contributed by atoms with E-state index in [9.17, 15) is 19.5 Å². The molecule has 0 aliphatic heterocycles. The molecule has 0 fully saturated rings. The van der Waals surface area contributed by atoms with Gasteiger partial charge in [0.25, 0.3) is 5.56 Å². The number of hydrogen-bond donors (Lipinski definition) is 4. The molecule has 9 heteroatoms. The summed E-state index contributed by atoms with van der Waals surface area (Å²) in [4.78, 5) is 44.1. The fraction of sp³-hybridized carbons (Fsp3) is 0.371. The lowest BCUT2D eigenvalue weighted by molar-refractivity contribution is -0.118. The Labute approximate surface area is 258 Å². The van der Waals surface area contributed by atoms with Crippen LogP contribution in [0.15, 0.2) is 65.6 Å². The topological polar surface area (TPSA) is 125 Å². The van der Waals surface area contributed by atoms with Crippen molar-refractivity contribution in [3.05, 3.63) is 87.8 Å². The van der Waals surface area contributed by atoms with Gasteiger partial charge >= 0.3 is 6.03 Å². The normalized spacial score (nSPS) is 11.3. The number of hydrogen-bond acceptors (Lipinski definition) is 5. The smallest absolute Gasteiger partial charge is 0.323 e. The number of aryl methyl sites for hydroxylation is 2. The number of rotatable bonds is 12. The minimum absolute atomic E-state index is 0.0782. The summed E-state index contributed by atoms with van der Waals surface area (Å²) in [6.07, 6.45) is 3.44. The highest BCUT2D eigenvalue weighted by atomic mass is 16.3. The van der Waals surface area contributed by atoms with Crippen molar-refractivity contribution < 1.29 is 14.7 Å². The molecule has 232 valence electrons. The Hall–Kier alpha value is -4.50. The molecule has 0 radical (unpaired) electrons. The number of aromatic nitrogens is 2. The Morgan fingerprint density at radius 3 is 2.25 bits per heavy atom. The van der Waals surface area contributed by atoms with Crippen molar-refractivity contribution in [3.63, 3.8) is 0 Å². The molecule has 2 aromatic carbocycles. The van der Waals surface area contributed by atoms with Gasteiger partial charge in [-0.25, -0.2) is 9.78 Å². The van der Waals surface area contributed by atoms with Gasteiger partial charge in [0, 0.05) is 49.5 Å². The summed E-state index contributed by atoms with van der Waals surface area (Å²) in [5.41, 5.74) is 5.40. The maximum Gasteiger partial charge on any atom is 0.323 e. The number of urea groups is 1. The van der Waals surface area contributed by atoms with Crippen LogP contribution in [0.3, 0.4) is 0 Å². The molecule has 2 aromatic heterocycles. The molecule has 0 aliphatic rings. The highest BCUT2D eigenvalue weighted by molar-refractivity contribution is 6.07. The van der Waals surface area contributed by atoms with Crippen molar-refractivity contribution in [1.29, 1.82) is 0 Å². The van der Waals surface area contributed by atoms with Crippen LogP contribution in [0.5, 0.6) is 0 Å². The fourth-order valence-electron chi connectivity index (χ4n) is 5.52. The Bertz CT molecular complexity index is 1670. The second-order valence-electron chi connectivity index (χ2n) is 11.6. The minimum atomic E-state index is -0.511. The number of carbonyl (C=O) groups is 2. The molecule has 4 rings (SSSR count). The third-order valence-electron chi connectivity index (χ3n) is 7.64. The van der Waals surface area contributed by atoms with Crippen molar-refractivity contribution in [2.24, 2.45) is 0 Å². The molecular formula is C35H43N5O4. The maximum atomic E-state index is 14.3. The number of aliphatic hydroxyl groups excluding tert-OH is 1. The van der Waals surface area contributed by atoms with E-state index in [1.807, 2.05) is 54.6 Å². The van der Waals surface area contributed by atoms with Crippen LogP contribution in [0.1, 0.15) is 76.0 Å². The second-order valence-corrected chi connectivity index (χ2v) is 11.6. The van der Waals surface area contributed by atoms with Crippen LogP contribution in [0, 0.1) is 0 Å². The van der Waals surface area contributed by atoms with Gasteiger partial charge in [-0.15, -0.1) is 0 Å². The number of pyridine rings is 2. The summed E-state index contributed by atoms with van der Waals surface area (Å²) in [7, 11) is 0. The molecule has 0 saturated heterocycles. The maximum absolute atomic E-state index is 14.3. The first-order valence-electron chi connectivity index (χ1n) is 15.3. The lowest BCUT2D eigenvalue weighted by atomic mass is 9.93. The van der Waals surface area contributed by atoms with Crippen LogP contribution in [0.25, 0.3) is 22.2 Å². The zero-order valence-corrected chi connectivity index (χ0v) is 26.2. The molecule has 4 N–H and O–H groups in total. The summed E-state index contributed by atoms with van der Waals surface area (Å²) in [6.45, 7) is 10.6. The highest BCUT2D eigenvalue weighted by Gasteiger charge is 2.22. The van der Waals surface area contributed by atoms with Crippen molar-refractivity contribution in [1.82, 2.24) is 14.9 Å². The largest absolute Gasteiger partial charge is 0.396 e. The highest BCUT2D eigenvalue weighted by Crippen LogP contribution is 2.35. The van der Waals surface area contributed by atoms with E-state index in [4.69, 9.17) is 0 Å². The Morgan fingerprint density at radius 1 is 0.909 bits per heavy atom. The van der Waals surface area contributed by atoms with E-state index in [1.165, 1.54) is 6.92 Å². The predicted molar refractivity (Wildman–Crippen MR) is 177 cm³/mol. The molecule has 0 saturated carbocycles. The van der Waals surface area contributed by atoms with Crippen molar-refractivity contribution >= 4 is 34.3 Å². The van der Waals surface area contributed by atoms with Crippen LogP contribution >= 0.6 is 0 Å². The number of nitrogens with zero attached hydrogens (tertiary/aromatic N) is 2. The Balaban J connectivity index is 1.86. The molecule has 2 heterocycles. The van der Waals surface area contributed by atoms with E-state index in [1.54, 1.807) is 10.8 Å². The van der Waals surface area contributed by atoms with Crippen LogP contribution in [0.4, 0.5) is 16.2 Å². The van der Waals surface area contributed by atoms with Gasteiger partial charge in [0.05, 0.1) is 0 Å². The number of para-hydroxylation sites is 1. The number of benzene rings is 2.